The van der Waals surface area contributed by atoms with Gasteiger partial charge in [-0.15, -0.1) is 4.68 Å². The van der Waals surface area contributed by atoms with Crippen LogP contribution in [0.1, 0.15) is 6.92 Å². The molecule has 0 bridgehead atoms. The average Bonchev–Trinajstić information content (AvgIpc) is 2.41. The molecule has 4 nitrogen and oxygen atoms in total. The molecule has 13 heavy (non-hydrogen) atoms. The lowest BCUT2D eigenvalue weighted by molar-refractivity contribution is -0.653. The van der Waals surface area contributed by atoms with Crippen LogP contribution in [0.15, 0.2) is 24.3 Å². The number of hydrogen-bond acceptors (Lipinski definition) is 2. The van der Waals surface area contributed by atoms with Crippen LogP contribution in [-0.2, 0) is 6.54 Å². The third kappa shape index (κ3) is 0.950. The van der Waals surface area contributed by atoms with Gasteiger partial charge < -0.3 is 0 Å². The molecule has 4 N–H and O–H groups in total. The quantitative estimate of drug-likeness (QED) is 0.484. The van der Waals surface area contributed by atoms with Crippen molar-refractivity contribution in [3.8, 4) is 0 Å². The highest BCUT2D eigenvalue weighted by Crippen LogP contribution is 2.11. The standard InChI is InChI=1S/C9H12N4/c1-2-12-7-5-3-4-6-8(7)13(11)9(12)10/h3-6,10H,2,11H2,1H3/p+1. The fraction of sp³-hybridized carbons (Fsp3) is 0.222. The summed E-state index contributed by atoms with van der Waals surface area (Å²) in [6.07, 6.45) is 0. The van der Waals surface area contributed by atoms with Crippen LogP contribution in [-0.4, -0.2) is 4.68 Å². The van der Waals surface area contributed by atoms with Crippen molar-refractivity contribution >= 4 is 17.0 Å². The number of aryl methyl sites for hydroxylation is 1. The fourth-order valence-electron chi connectivity index (χ4n) is 1.61. The van der Waals surface area contributed by atoms with Gasteiger partial charge in [-0.25, -0.2) is 4.57 Å². The smallest absolute Gasteiger partial charge is 0.289 e. The number of para-hydroxylation sites is 2. The van der Waals surface area contributed by atoms with E-state index in [-0.39, 0.29) is 0 Å². The van der Waals surface area contributed by atoms with Gasteiger partial charge in [0.1, 0.15) is 5.52 Å². The van der Waals surface area contributed by atoms with Crippen molar-refractivity contribution in [2.24, 2.45) is 0 Å². The highest BCUT2D eigenvalue weighted by Gasteiger charge is 2.16. The SMILES string of the molecule is CC[n+]1c(N)n(N)c2ccccc21. The van der Waals surface area contributed by atoms with E-state index < -0.39 is 0 Å². The van der Waals surface area contributed by atoms with Gasteiger partial charge in [0, 0.05) is 0 Å². The Bertz CT molecular complexity index is 444. The second-order valence-corrected chi connectivity index (χ2v) is 2.96. The van der Waals surface area contributed by atoms with Crippen LogP contribution in [0.25, 0.3) is 11.0 Å². The Morgan fingerprint density at radius 3 is 2.77 bits per heavy atom. The summed E-state index contributed by atoms with van der Waals surface area (Å²) >= 11 is 0. The Morgan fingerprint density at radius 1 is 1.38 bits per heavy atom. The number of benzene rings is 1. The second kappa shape index (κ2) is 2.65. The van der Waals surface area contributed by atoms with E-state index in [0.29, 0.717) is 5.95 Å². The zero-order valence-electron chi connectivity index (χ0n) is 7.57. The number of rotatable bonds is 1. The van der Waals surface area contributed by atoms with E-state index in [1.54, 1.807) is 0 Å². The van der Waals surface area contributed by atoms with E-state index in [2.05, 4.69) is 0 Å². The molecule has 0 saturated heterocycles. The minimum Gasteiger partial charge on any atom is -0.289 e. The third-order valence-electron chi connectivity index (χ3n) is 2.27. The molecule has 0 spiro atoms. The van der Waals surface area contributed by atoms with Crippen molar-refractivity contribution in [2.75, 3.05) is 11.6 Å². The fourth-order valence-corrected chi connectivity index (χ4v) is 1.61. The van der Waals surface area contributed by atoms with E-state index in [9.17, 15) is 0 Å². The summed E-state index contributed by atoms with van der Waals surface area (Å²) in [5.41, 5.74) is 7.86. The van der Waals surface area contributed by atoms with Gasteiger partial charge in [0.15, 0.2) is 5.52 Å². The predicted octanol–water partition coefficient (Wildman–Crippen LogP) is 0.245. The maximum Gasteiger partial charge on any atom is 0.378 e. The molecule has 0 amide bonds. The Balaban J connectivity index is 2.90. The Labute approximate surface area is 76.3 Å². The molecule has 1 aromatic heterocycles. The monoisotopic (exact) mass is 177 g/mol. The van der Waals surface area contributed by atoms with Crippen molar-refractivity contribution in [3.05, 3.63) is 24.3 Å². The average molecular weight is 177 g/mol. The van der Waals surface area contributed by atoms with Gasteiger partial charge >= 0.3 is 5.95 Å². The van der Waals surface area contributed by atoms with Crippen molar-refractivity contribution in [1.29, 1.82) is 0 Å². The van der Waals surface area contributed by atoms with Gasteiger partial charge in [0.2, 0.25) is 0 Å². The zero-order chi connectivity index (χ0) is 9.42. The summed E-state index contributed by atoms with van der Waals surface area (Å²) in [6.45, 7) is 2.87. The highest BCUT2D eigenvalue weighted by molar-refractivity contribution is 5.73. The molecule has 1 heterocycles. The van der Waals surface area contributed by atoms with Crippen LogP contribution in [0.2, 0.25) is 0 Å². The van der Waals surface area contributed by atoms with Crippen molar-refractivity contribution in [3.63, 3.8) is 0 Å². The van der Waals surface area contributed by atoms with Crippen LogP contribution in [0.5, 0.6) is 0 Å². The van der Waals surface area contributed by atoms with E-state index in [1.807, 2.05) is 35.8 Å². The van der Waals surface area contributed by atoms with E-state index in [0.717, 1.165) is 17.6 Å². The molecule has 4 heteroatoms. The summed E-state index contributed by atoms with van der Waals surface area (Å²) in [6, 6.07) is 7.90. The zero-order valence-corrected chi connectivity index (χ0v) is 7.57. The number of imidazole rings is 1. The first-order chi connectivity index (χ1) is 6.25. The summed E-state index contributed by atoms with van der Waals surface area (Å²) in [5, 5.41) is 0. The molecule has 0 radical (unpaired) electrons. The first kappa shape index (κ1) is 7.91. The van der Waals surface area contributed by atoms with Gasteiger partial charge in [0.25, 0.3) is 0 Å². The summed E-state index contributed by atoms with van der Waals surface area (Å²) in [5.74, 6) is 6.37. The van der Waals surface area contributed by atoms with E-state index >= 15 is 0 Å². The summed E-state index contributed by atoms with van der Waals surface area (Å²) < 4.78 is 3.49. The molecule has 0 fully saturated rings. The minimum atomic E-state index is 0.587. The van der Waals surface area contributed by atoms with Crippen molar-refractivity contribution in [2.45, 2.75) is 13.5 Å². The van der Waals surface area contributed by atoms with Crippen LogP contribution in [0, 0.1) is 0 Å². The van der Waals surface area contributed by atoms with Gasteiger partial charge in [-0.2, -0.15) is 0 Å². The maximum atomic E-state index is 5.83. The van der Waals surface area contributed by atoms with Crippen LogP contribution in [0.3, 0.4) is 0 Å². The van der Waals surface area contributed by atoms with Crippen molar-refractivity contribution < 1.29 is 4.57 Å². The summed E-state index contributed by atoms with van der Waals surface area (Å²) in [7, 11) is 0. The number of hydrogen-bond donors (Lipinski definition) is 2. The maximum absolute atomic E-state index is 5.83. The van der Waals surface area contributed by atoms with Crippen LogP contribution in [0.4, 0.5) is 5.95 Å². The molecule has 0 atom stereocenters. The lowest BCUT2D eigenvalue weighted by Crippen LogP contribution is -2.36. The molecule has 0 unspecified atom stereocenters. The lowest BCUT2D eigenvalue weighted by Gasteiger charge is -1.92. The van der Waals surface area contributed by atoms with Crippen LogP contribution >= 0.6 is 0 Å². The second-order valence-electron chi connectivity index (χ2n) is 2.96. The van der Waals surface area contributed by atoms with E-state index in [4.69, 9.17) is 11.6 Å². The minimum absolute atomic E-state index is 0.587. The molecule has 68 valence electrons. The molecular formula is C9H13N4+. The Hall–Kier alpha value is -1.71. The number of fused-ring (bicyclic) bond motifs is 1. The molecular weight excluding hydrogens is 164 g/mol. The summed E-state index contributed by atoms with van der Waals surface area (Å²) in [4.78, 5) is 0. The molecule has 1 aromatic carbocycles. The topological polar surface area (TPSA) is 60.8 Å². The Morgan fingerprint density at radius 2 is 2.08 bits per heavy atom. The molecule has 0 aliphatic heterocycles. The number of anilines is 1. The number of aromatic nitrogens is 2. The molecule has 0 aliphatic rings. The van der Waals surface area contributed by atoms with E-state index in [1.165, 1.54) is 4.68 Å². The van der Waals surface area contributed by atoms with Gasteiger partial charge in [-0.3, -0.25) is 11.6 Å². The Kier molecular flexibility index (Phi) is 1.62. The highest BCUT2D eigenvalue weighted by atomic mass is 15.4. The van der Waals surface area contributed by atoms with Crippen LogP contribution < -0.4 is 16.1 Å². The first-order valence-electron chi connectivity index (χ1n) is 4.29. The van der Waals surface area contributed by atoms with Gasteiger partial charge in [-0.05, 0) is 19.1 Å². The number of nitrogens with zero attached hydrogens (tertiary/aromatic N) is 2. The van der Waals surface area contributed by atoms with Gasteiger partial charge in [-0.1, -0.05) is 12.1 Å². The number of nitrogen functional groups attached to an aromatic ring is 2. The molecule has 0 aliphatic carbocycles. The normalized spacial score (nSPS) is 10.8. The predicted molar refractivity (Wildman–Crippen MR) is 52.4 cm³/mol. The third-order valence-corrected chi connectivity index (χ3v) is 2.27. The van der Waals surface area contributed by atoms with Gasteiger partial charge in [0.05, 0.1) is 6.54 Å². The molecule has 2 rings (SSSR count). The number of nitrogens with two attached hydrogens (primary N) is 2. The largest absolute Gasteiger partial charge is 0.378 e. The lowest BCUT2D eigenvalue weighted by atomic mass is 10.3. The molecule has 2 aromatic rings. The first-order valence-corrected chi connectivity index (χ1v) is 4.29. The van der Waals surface area contributed by atoms with Crippen molar-refractivity contribution in [1.82, 2.24) is 4.68 Å². The molecule has 0 saturated carbocycles.